The van der Waals surface area contributed by atoms with Crippen molar-refractivity contribution in [2.45, 2.75) is 18.3 Å². The predicted octanol–water partition coefficient (Wildman–Crippen LogP) is 13.5. The van der Waals surface area contributed by atoms with Crippen LogP contribution < -0.4 is 0 Å². The van der Waals surface area contributed by atoms with Crippen LogP contribution in [0.2, 0.25) is 0 Å². The second-order valence-corrected chi connectivity index (χ2v) is 15.5. The third-order valence-corrected chi connectivity index (χ3v) is 13.0. The Morgan fingerprint density at radius 2 is 1.11 bits per heavy atom. The highest BCUT2D eigenvalue weighted by atomic mass is 15.0. The summed E-state index contributed by atoms with van der Waals surface area (Å²) in [7, 11) is 0. The number of hydrogen-bond acceptors (Lipinski definition) is 0. The molecule has 256 valence electrons. The zero-order chi connectivity index (χ0) is 35.8. The molecule has 8 aromatic carbocycles. The molecule has 0 bridgehead atoms. The van der Waals surface area contributed by atoms with E-state index >= 15 is 0 Å². The topological polar surface area (TPSA) is 9.86 Å². The Kier molecular flexibility index (Phi) is 5.70. The summed E-state index contributed by atoms with van der Waals surface area (Å²) in [4.78, 5) is 0. The van der Waals surface area contributed by atoms with Gasteiger partial charge in [-0.3, -0.25) is 0 Å². The summed E-state index contributed by atoms with van der Waals surface area (Å²) in [5, 5.41) is 7.61. The summed E-state index contributed by atoms with van der Waals surface area (Å²) < 4.78 is 5.01. The second kappa shape index (κ2) is 10.6. The minimum absolute atomic E-state index is 0.350. The van der Waals surface area contributed by atoms with E-state index in [4.69, 9.17) is 0 Å². The van der Waals surface area contributed by atoms with Gasteiger partial charge in [0.25, 0.3) is 0 Å². The Balaban J connectivity index is 1.15. The number of nitrogens with zero attached hydrogens (tertiary/aromatic N) is 2. The molecule has 13 rings (SSSR count). The molecule has 2 aromatic heterocycles. The number of aromatic nitrogens is 2. The zero-order valence-electron chi connectivity index (χ0n) is 30.1. The van der Waals surface area contributed by atoms with Gasteiger partial charge in [0.15, 0.2) is 0 Å². The van der Waals surface area contributed by atoms with Crippen LogP contribution in [-0.4, -0.2) is 9.13 Å². The van der Waals surface area contributed by atoms with E-state index in [9.17, 15) is 0 Å². The van der Waals surface area contributed by atoms with Crippen LogP contribution in [-0.2, 0) is 5.41 Å². The van der Waals surface area contributed by atoms with Gasteiger partial charge in [0, 0.05) is 38.3 Å². The minimum atomic E-state index is -0.350. The monoisotopic (exact) mass is 698 g/mol. The summed E-state index contributed by atoms with van der Waals surface area (Å²) >= 11 is 0. The molecular weight excluding hydrogens is 665 g/mol. The highest BCUT2D eigenvalue weighted by Gasteiger charge is 2.52. The number of benzene rings is 8. The van der Waals surface area contributed by atoms with Crippen molar-refractivity contribution in [3.8, 4) is 22.5 Å². The van der Waals surface area contributed by atoms with E-state index in [0.29, 0.717) is 0 Å². The number of rotatable bonds is 2. The lowest BCUT2D eigenvalue weighted by molar-refractivity contribution is 0.779. The van der Waals surface area contributed by atoms with Gasteiger partial charge >= 0.3 is 0 Å². The molecule has 1 atom stereocenters. The average Bonchev–Trinajstić information content (AvgIpc) is 3.95. The van der Waals surface area contributed by atoms with Gasteiger partial charge < -0.3 is 9.13 Å². The molecule has 0 radical (unpaired) electrons. The average molecular weight is 699 g/mol. The molecule has 0 saturated heterocycles. The molecule has 0 aliphatic heterocycles. The fourth-order valence-corrected chi connectivity index (χ4v) is 10.9. The van der Waals surface area contributed by atoms with Gasteiger partial charge in [0.2, 0.25) is 0 Å². The largest absolute Gasteiger partial charge is 0.309 e. The van der Waals surface area contributed by atoms with Gasteiger partial charge in [-0.2, -0.15) is 0 Å². The quantitative estimate of drug-likeness (QED) is 0.170. The van der Waals surface area contributed by atoms with Crippen molar-refractivity contribution in [2.75, 3.05) is 0 Å². The maximum absolute atomic E-state index is 2.53. The Morgan fingerprint density at radius 3 is 2.00 bits per heavy atom. The van der Waals surface area contributed by atoms with Crippen LogP contribution in [0.1, 0.15) is 35.1 Å². The summed E-state index contributed by atoms with van der Waals surface area (Å²) in [6.07, 6.45) is 7.00. The van der Waals surface area contributed by atoms with Gasteiger partial charge in [-0.15, -0.1) is 0 Å². The summed E-state index contributed by atoms with van der Waals surface area (Å²) in [5.74, 6) is 0. The molecule has 1 spiro atoms. The molecule has 0 fully saturated rings. The minimum Gasteiger partial charge on any atom is -0.309 e. The Morgan fingerprint density at radius 1 is 0.418 bits per heavy atom. The van der Waals surface area contributed by atoms with E-state index in [0.717, 1.165) is 12.8 Å². The maximum Gasteiger partial charge on any atom is 0.0722 e. The van der Waals surface area contributed by atoms with E-state index in [1.807, 2.05) is 0 Å². The highest BCUT2D eigenvalue weighted by Crippen LogP contribution is 2.63. The van der Waals surface area contributed by atoms with Crippen molar-refractivity contribution in [1.82, 2.24) is 9.13 Å². The summed E-state index contributed by atoms with van der Waals surface area (Å²) in [6.45, 7) is 0. The van der Waals surface area contributed by atoms with Crippen molar-refractivity contribution >= 4 is 60.0 Å². The maximum atomic E-state index is 2.53. The first-order valence-electron chi connectivity index (χ1n) is 19.5. The standard InChI is InChI=1S/C53H34N2/c1-2-15-34(16-3-1)55-51-32-50-43(31-44(51)42-28-26-33-14-4-5-17-36(33)52(42)55)41-21-9-13-25-49(41)54(50)35-27-29-40-39-20-8-12-24-47(39)53(48(40)30-35)45-22-10-6-18-37(45)38-19-7-11-23-46(38)53/h1-6,8-18,20-32H,7,19H2. The highest BCUT2D eigenvalue weighted by molar-refractivity contribution is 6.23. The lowest BCUT2D eigenvalue weighted by Crippen LogP contribution is -2.27. The number of allylic oxidation sites excluding steroid dienone is 4. The van der Waals surface area contributed by atoms with Crippen LogP contribution in [0, 0.1) is 0 Å². The molecule has 10 aromatic rings. The van der Waals surface area contributed by atoms with Gasteiger partial charge in [-0.25, -0.2) is 0 Å². The lowest BCUT2D eigenvalue weighted by atomic mass is 9.69. The van der Waals surface area contributed by atoms with Crippen LogP contribution in [0.25, 0.3) is 82.5 Å². The van der Waals surface area contributed by atoms with Gasteiger partial charge in [0.05, 0.1) is 27.5 Å². The molecule has 2 heteroatoms. The molecule has 0 saturated carbocycles. The Bertz CT molecular complexity index is 3370. The molecule has 0 N–H and O–H groups in total. The van der Waals surface area contributed by atoms with Crippen LogP contribution >= 0.6 is 0 Å². The van der Waals surface area contributed by atoms with Crippen LogP contribution in [0.5, 0.6) is 0 Å². The summed E-state index contributed by atoms with van der Waals surface area (Å²) in [5.41, 5.74) is 18.2. The SMILES string of the molecule is C1=CC2=C(CC1)c1ccccc1C21c2ccccc2-c2ccc(-n3c4ccccc4c4cc5c6ccc7ccccc7c6n(-c6ccccc6)c5cc43)cc21. The number of hydrogen-bond donors (Lipinski definition) is 0. The third-order valence-electron chi connectivity index (χ3n) is 13.0. The van der Waals surface area contributed by atoms with Gasteiger partial charge in [-0.05, 0) is 105 Å². The smallest absolute Gasteiger partial charge is 0.0722 e. The van der Waals surface area contributed by atoms with E-state index in [-0.39, 0.29) is 5.41 Å². The van der Waals surface area contributed by atoms with Crippen molar-refractivity contribution in [3.05, 3.63) is 210 Å². The number of para-hydroxylation sites is 2. The first kappa shape index (κ1) is 29.5. The first-order valence-corrected chi connectivity index (χ1v) is 19.5. The van der Waals surface area contributed by atoms with Crippen LogP contribution in [0.3, 0.4) is 0 Å². The van der Waals surface area contributed by atoms with Crippen LogP contribution in [0.15, 0.2) is 188 Å². The molecule has 2 nitrogen and oxygen atoms in total. The van der Waals surface area contributed by atoms with E-state index in [1.165, 1.54) is 110 Å². The van der Waals surface area contributed by atoms with Crippen LogP contribution in [0.4, 0.5) is 0 Å². The predicted molar refractivity (Wildman–Crippen MR) is 230 cm³/mol. The van der Waals surface area contributed by atoms with E-state index in [2.05, 4.69) is 191 Å². The number of fused-ring (bicyclic) bond motifs is 17. The van der Waals surface area contributed by atoms with Crippen molar-refractivity contribution in [1.29, 1.82) is 0 Å². The van der Waals surface area contributed by atoms with Crippen molar-refractivity contribution in [3.63, 3.8) is 0 Å². The fourth-order valence-electron chi connectivity index (χ4n) is 10.9. The second-order valence-electron chi connectivity index (χ2n) is 15.5. The zero-order valence-corrected chi connectivity index (χ0v) is 30.1. The van der Waals surface area contributed by atoms with E-state index < -0.39 is 0 Å². The molecule has 1 unspecified atom stereocenters. The van der Waals surface area contributed by atoms with Gasteiger partial charge in [-0.1, -0.05) is 140 Å². The molecule has 0 amide bonds. The fraction of sp³-hybridized carbons (Fsp3) is 0.0566. The first-order chi connectivity index (χ1) is 27.3. The lowest BCUT2D eigenvalue weighted by Gasteiger charge is -2.32. The molecule has 55 heavy (non-hydrogen) atoms. The molecule has 3 aliphatic rings. The van der Waals surface area contributed by atoms with Crippen molar-refractivity contribution in [2.24, 2.45) is 0 Å². The molecule has 3 aliphatic carbocycles. The molecular formula is C53H34N2. The Labute approximate surface area is 318 Å². The Hall–Kier alpha value is -6.90. The molecule has 2 heterocycles. The van der Waals surface area contributed by atoms with Gasteiger partial charge in [0.1, 0.15) is 0 Å². The van der Waals surface area contributed by atoms with Crippen molar-refractivity contribution < 1.29 is 0 Å². The third kappa shape index (κ3) is 3.65. The normalized spacial score (nSPS) is 16.9. The van der Waals surface area contributed by atoms with E-state index in [1.54, 1.807) is 0 Å². The summed E-state index contributed by atoms with van der Waals surface area (Å²) in [6, 6.07) is 63.8.